The maximum atomic E-state index is 13.3. The van der Waals surface area contributed by atoms with Crippen molar-refractivity contribution in [3.8, 4) is 11.3 Å². The SMILES string of the molecule is O=C([C@H]1CC[C@H](NS(=O)(=O)c2ccc3c(Cl)c(-c4ccccc4)[nH]c3c2)CC1)N1CCOC[C@@H]1C1CC1. The Bertz CT molecular complexity index is 1400. The number of carbonyl (C=O) groups excluding carboxylic acids is 1. The van der Waals surface area contributed by atoms with Gasteiger partial charge in [0.05, 0.1) is 34.9 Å². The van der Waals surface area contributed by atoms with Crippen LogP contribution in [0, 0.1) is 11.8 Å². The summed E-state index contributed by atoms with van der Waals surface area (Å²) >= 11 is 6.60. The molecule has 1 atom stereocenters. The number of halogens is 1. The average molecular weight is 542 g/mol. The molecule has 1 amide bonds. The van der Waals surface area contributed by atoms with Gasteiger partial charge in [0.2, 0.25) is 15.9 Å². The Morgan fingerprint density at radius 2 is 1.78 bits per heavy atom. The van der Waals surface area contributed by atoms with Crippen LogP contribution in [0.2, 0.25) is 5.02 Å². The first-order chi connectivity index (χ1) is 17.9. The summed E-state index contributed by atoms with van der Waals surface area (Å²) in [6.45, 7) is 1.92. The fourth-order valence-corrected chi connectivity index (χ4v) is 7.51. The minimum Gasteiger partial charge on any atom is -0.377 e. The van der Waals surface area contributed by atoms with E-state index in [1.165, 1.54) is 12.8 Å². The maximum absolute atomic E-state index is 13.3. The minimum atomic E-state index is -3.71. The normalized spacial score (nSPS) is 24.9. The second-order valence-corrected chi connectivity index (χ2v) is 12.7. The molecule has 2 aliphatic carbocycles. The number of rotatable bonds is 6. The Kier molecular flexibility index (Phi) is 6.77. The zero-order valence-electron chi connectivity index (χ0n) is 20.7. The number of sulfonamides is 1. The molecule has 2 heterocycles. The largest absolute Gasteiger partial charge is 0.377 e. The van der Waals surface area contributed by atoms with Gasteiger partial charge >= 0.3 is 0 Å². The smallest absolute Gasteiger partial charge is 0.240 e. The number of benzene rings is 2. The molecule has 0 bridgehead atoms. The average Bonchev–Trinajstić information content (AvgIpc) is 3.72. The van der Waals surface area contributed by atoms with Crippen molar-refractivity contribution in [1.29, 1.82) is 0 Å². The highest BCUT2D eigenvalue weighted by Gasteiger charge is 2.41. The standard InChI is InChI=1S/C28H32ClN3O4S/c29-26-23-13-12-22(16-24(23)30-27(26)19-4-2-1-3-5-19)37(34,35)31-21-10-8-20(9-11-21)28(33)32-14-15-36-17-25(32)18-6-7-18/h1-5,12-13,16,18,20-21,25,30-31H,6-11,14-15,17H2/t20-,21-,25-/m1/s1. The third-order valence-corrected chi connectivity index (χ3v) is 10.0. The van der Waals surface area contributed by atoms with Crippen LogP contribution in [0.3, 0.4) is 0 Å². The first-order valence-electron chi connectivity index (χ1n) is 13.2. The molecule has 2 saturated carbocycles. The van der Waals surface area contributed by atoms with E-state index in [2.05, 4.69) is 14.6 Å². The maximum Gasteiger partial charge on any atom is 0.240 e. The molecule has 2 aromatic carbocycles. The van der Waals surface area contributed by atoms with E-state index >= 15 is 0 Å². The zero-order chi connectivity index (χ0) is 25.6. The van der Waals surface area contributed by atoms with Gasteiger partial charge in [-0.15, -0.1) is 0 Å². The summed E-state index contributed by atoms with van der Waals surface area (Å²) in [4.78, 5) is 18.8. The summed E-state index contributed by atoms with van der Waals surface area (Å²) in [5.41, 5.74) is 2.39. The molecule has 0 unspecified atom stereocenters. The third kappa shape index (κ3) is 5.04. The van der Waals surface area contributed by atoms with Crippen molar-refractivity contribution < 1.29 is 17.9 Å². The van der Waals surface area contributed by atoms with E-state index in [-0.39, 0.29) is 28.8 Å². The van der Waals surface area contributed by atoms with Crippen molar-refractivity contribution in [3.05, 3.63) is 53.6 Å². The van der Waals surface area contributed by atoms with Crippen LogP contribution >= 0.6 is 11.6 Å². The monoisotopic (exact) mass is 541 g/mol. The molecule has 1 aliphatic heterocycles. The molecular formula is C28H32ClN3O4S. The number of nitrogens with one attached hydrogen (secondary N) is 2. The Morgan fingerprint density at radius 1 is 1.03 bits per heavy atom. The molecule has 3 aromatic rings. The number of ether oxygens (including phenoxy) is 1. The lowest BCUT2D eigenvalue weighted by molar-refractivity contribution is -0.146. The predicted molar refractivity (Wildman–Crippen MR) is 144 cm³/mol. The van der Waals surface area contributed by atoms with Crippen LogP contribution in [0.1, 0.15) is 38.5 Å². The number of hydrogen-bond acceptors (Lipinski definition) is 4. The van der Waals surface area contributed by atoms with Crippen molar-refractivity contribution in [3.63, 3.8) is 0 Å². The van der Waals surface area contributed by atoms with Crippen LogP contribution in [0.25, 0.3) is 22.2 Å². The first kappa shape index (κ1) is 24.9. The van der Waals surface area contributed by atoms with Gasteiger partial charge in [0.15, 0.2) is 0 Å². The lowest BCUT2D eigenvalue weighted by Crippen LogP contribution is -2.52. The van der Waals surface area contributed by atoms with Gasteiger partial charge in [-0.2, -0.15) is 0 Å². The van der Waals surface area contributed by atoms with Crippen molar-refractivity contribution >= 4 is 38.4 Å². The number of morpholine rings is 1. The van der Waals surface area contributed by atoms with Crippen LogP contribution in [0.5, 0.6) is 0 Å². The number of aromatic nitrogens is 1. The van der Waals surface area contributed by atoms with Gasteiger partial charge in [0.25, 0.3) is 0 Å². The van der Waals surface area contributed by atoms with Gasteiger partial charge < -0.3 is 14.6 Å². The quantitative estimate of drug-likeness (QED) is 0.461. The lowest BCUT2D eigenvalue weighted by Gasteiger charge is -2.39. The summed E-state index contributed by atoms with van der Waals surface area (Å²) < 4.78 is 35.0. The highest BCUT2D eigenvalue weighted by Crippen LogP contribution is 2.38. The van der Waals surface area contributed by atoms with Crippen molar-refractivity contribution in [2.75, 3.05) is 19.8 Å². The van der Waals surface area contributed by atoms with Crippen molar-refractivity contribution in [2.45, 2.75) is 55.5 Å². The van der Waals surface area contributed by atoms with Gasteiger partial charge in [-0.1, -0.05) is 41.9 Å². The second-order valence-electron chi connectivity index (χ2n) is 10.6. The van der Waals surface area contributed by atoms with Crippen molar-refractivity contribution in [1.82, 2.24) is 14.6 Å². The van der Waals surface area contributed by atoms with Crippen LogP contribution < -0.4 is 4.72 Å². The van der Waals surface area contributed by atoms with E-state index in [4.69, 9.17) is 16.3 Å². The number of hydrogen-bond donors (Lipinski definition) is 2. The Morgan fingerprint density at radius 3 is 2.51 bits per heavy atom. The molecule has 0 spiro atoms. The molecule has 0 radical (unpaired) electrons. The summed E-state index contributed by atoms with van der Waals surface area (Å²) in [5.74, 6) is 0.779. The fourth-order valence-electron chi connectivity index (χ4n) is 5.86. The van der Waals surface area contributed by atoms with Gasteiger partial charge in [0, 0.05) is 29.4 Å². The van der Waals surface area contributed by atoms with Crippen LogP contribution in [0.15, 0.2) is 53.4 Å². The van der Waals surface area contributed by atoms with Gasteiger partial charge in [0.1, 0.15) is 0 Å². The number of nitrogens with zero attached hydrogens (tertiary/aromatic N) is 1. The molecule has 7 nitrogen and oxygen atoms in total. The number of carbonyl (C=O) groups is 1. The highest BCUT2D eigenvalue weighted by molar-refractivity contribution is 7.89. The Balaban J connectivity index is 1.12. The van der Waals surface area contributed by atoms with Crippen LogP contribution in [-0.2, 0) is 19.6 Å². The Labute approximate surface area is 222 Å². The van der Waals surface area contributed by atoms with E-state index < -0.39 is 10.0 Å². The summed E-state index contributed by atoms with van der Waals surface area (Å²) in [6, 6.07) is 14.8. The number of aromatic amines is 1. The molecule has 1 aromatic heterocycles. The van der Waals surface area contributed by atoms with E-state index in [1.807, 2.05) is 30.3 Å². The summed E-state index contributed by atoms with van der Waals surface area (Å²) in [6.07, 6.45) is 5.07. The predicted octanol–water partition coefficient (Wildman–Crippen LogP) is 4.96. The highest BCUT2D eigenvalue weighted by atomic mass is 35.5. The molecule has 6 rings (SSSR count). The minimum absolute atomic E-state index is 0.0334. The number of H-pyrrole nitrogens is 1. The molecule has 2 N–H and O–H groups in total. The molecule has 37 heavy (non-hydrogen) atoms. The van der Waals surface area contributed by atoms with E-state index in [9.17, 15) is 13.2 Å². The van der Waals surface area contributed by atoms with Crippen LogP contribution in [-0.4, -0.2) is 56.1 Å². The summed E-state index contributed by atoms with van der Waals surface area (Å²) in [7, 11) is -3.71. The second kappa shape index (κ2) is 10.1. The Hall–Kier alpha value is -2.39. The zero-order valence-corrected chi connectivity index (χ0v) is 22.2. The van der Waals surface area contributed by atoms with E-state index in [1.54, 1.807) is 18.2 Å². The third-order valence-electron chi connectivity index (χ3n) is 8.09. The first-order valence-corrected chi connectivity index (χ1v) is 15.0. The fraction of sp³-hybridized carbons (Fsp3) is 0.464. The van der Waals surface area contributed by atoms with Gasteiger partial charge in [-0.25, -0.2) is 13.1 Å². The molecule has 3 aliphatic rings. The number of fused-ring (bicyclic) bond motifs is 1. The van der Waals surface area contributed by atoms with Crippen molar-refractivity contribution in [2.24, 2.45) is 11.8 Å². The van der Waals surface area contributed by atoms with Crippen LogP contribution in [0.4, 0.5) is 0 Å². The topological polar surface area (TPSA) is 91.5 Å². The molecule has 3 fully saturated rings. The van der Waals surface area contributed by atoms with E-state index in [0.717, 1.165) is 16.6 Å². The van der Waals surface area contributed by atoms with Gasteiger partial charge in [-0.05, 0) is 68.2 Å². The molecule has 1 saturated heterocycles. The van der Waals surface area contributed by atoms with E-state index in [0.29, 0.717) is 61.9 Å². The molecule has 196 valence electrons. The summed E-state index contributed by atoms with van der Waals surface area (Å²) in [5, 5.41) is 1.36. The number of amides is 1. The van der Waals surface area contributed by atoms with Gasteiger partial charge in [-0.3, -0.25) is 4.79 Å². The molecule has 9 heteroatoms. The lowest BCUT2D eigenvalue weighted by atomic mass is 9.85. The molecular weight excluding hydrogens is 510 g/mol.